The minimum Gasteiger partial charge on any atom is -0.497 e. The SMILES string of the molecule is COc1cccc(P(=O)(O)CCc2cc(Cl)c(C(=O)N[C@@H](Cc3cccc(S(C)(=O)=O)c3)C(=O)O)c(Cl)c2)c1. The van der Waals surface area contributed by atoms with Crippen molar-refractivity contribution >= 4 is 57.6 Å². The molecule has 0 fully saturated rings. The van der Waals surface area contributed by atoms with Gasteiger partial charge in [0.05, 0.1) is 27.6 Å². The van der Waals surface area contributed by atoms with Crippen molar-refractivity contribution in [2.24, 2.45) is 0 Å². The summed E-state index contributed by atoms with van der Waals surface area (Å²) in [6, 6.07) is 13.5. The summed E-state index contributed by atoms with van der Waals surface area (Å²) in [6.07, 6.45) is 0.856. The molecule has 3 N–H and O–H groups in total. The lowest BCUT2D eigenvalue weighted by atomic mass is 10.0. The fraction of sp³-hybridized carbons (Fsp3) is 0.231. The van der Waals surface area contributed by atoms with E-state index in [0.29, 0.717) is 16.9 Å². The maximum absolute atomic E-state index is 13.0. The van der Waals surface area contributed by atoms with Gasteiger partial charge in [0.15, 0.2) is 9.84 Å². The van der Waals surface area contributed by atoms with Gasteiger partial charge in [-0.25, -0.2) is 13.2 Å². The highest BCUT2D eigenvalue weighted by Crippen LogP contribution is 2.41. The van der Waals surface area contributed by atoms with Gasteiger partial charge < -0.3 is 20.1 Å². The Kier molecular flexibility index (Phi) is 9.85. The van der Waals surface area contributed by atoms with Gasteiger partial charge in [0, 0.05) is 24.1 Å². The molecule has 0 radical (unpaired) electrons. The van der Waals surface area contributed by atoms with E-state index in [-0.39, 0.29) is 44.8 Å². The summed E-state index contributed by atoms with van der Waals surface area (Å²) in [7, 11) is -5.79. The number of nitrogens with one attached hydrogen (secondary N) is 1. The molecule has 13 heteroatoms. The molecule has 1 unspecified atom stereocenters. The molecule has 2 atom stereocenters. The molecule has 1 amide bonds. The molecule has 0 saturated carbocycles. The first-order valence-corrected chi connectivity index (χ1v) is 16.0. The van der Waals surface area contributed by atoms with Crippen molar-refractivity contribution in [2.45, 2.75) is 23.8 Å². The molecule has 3 aromatic carbocycles. The van der Waals surface area contributed by atoms with Crippen LogP contribution in [-0.2, 0) is 32.0 Å². The minimum absolute atomic E-state index is 0.0240. The van der Waals surface area contributed by atoms with E-state index in [9.17, 15) is 32.6 Å². The molecular weight excluding hydrogens is 588 g/mol. The average molecular weight is 614 g/mol. The van der Waals surface area contributed by atoms with Gasteiger partial charge in [-0.15, -0.1) is 0 Å². The Hall–Kier alpha value is -2.88. The lowest BCUT2D eigenvalue weighted by Crippen LogP contribution is -2.42. The third kappa shape index (κ3) is 8.06. The van der Waals surface area contributed by atoms with E-state index < -0.39 is 35.1 Å². The molecule has 0 aliphatic rings. The Morgan fingerprint density at radius 2 is 1.67 bits per heavy atom. The van der Waals surface area contributed by atoms with E-state index in [1.807, 2.05) is 0 Å². The summed E-state index contributed by atoms with van der Waals surface area (Å²) in [5.41, 5.74) is 0.743. The normalized spacial score (nSPS) is 13.8. The Morgan fingerprint density at radius 3 is 2.26 bits per heavy atom. The standard InChI is InChI=1S/C26H26Cl2NO8PS/c1-37-18-6-4-7-19(15-18)38(33,34)10-9-17-12-21(27)24(22(28)13-17)25(30)29-23(26(31)32)14-16-5-3-8-20(11-16)39(2,35)36/h3-8,11-13,15,23H,9-10,14H2,1-2H3,(H,29,30)(H,31,32)(H,33,34)/t23-/m0/s1. The Bertz CT molecular complexity index is 1540. The average Bonchev–Trinajstić information content (AvgIpc) is 2.86. The third-order valence-corrected chi connectivity index (χ3v) is 9.48. The summed E-state index contributed by atoms with van der Waals surface area (Å²) in [5, 5.41) is 12.1. The van der Waals surface area contributed by atoms with Crippen molar-refractivity contribution in [1.29, 1.82) is 0 Å². The van der Waals surface area contributed by atoms with Gasteiger partial charge in [-0.3, -0.25) is 9.36 Å². The number of carboxylic acid groups (broad SMARTS) is 1. The maximum Gasteiger partial charge on any atom is 0.326 e. The number of methoxy groups -OCH3 is 1. The molecule has 208 valence electrons. The lowest BCUT2D eigenvalue weighted by Gasteiger charge is -2.17. The van der Waals surface area contributed by atoms with E-state index in [4.69, 9.17) is 27.9 Å². The highest BCUT2D eigenvalue weighted by atomic mass is 35.5. The molecule has 0 aliphatic heterocycles. The number of aliphatic carboxylic acids is 1. The predicted octanol–water partition coefficient (Wildman–Crippen LogP) is 3.97. The molecule has 0 aromatic heterocycles. The number of hydrogen-bond donors (Lipinski definition) is 3. The second-order valence-electron chi connectivity index (χ2n) is 8.80. The van der Waals surface area contributed by atoms with E-state index in [0.717, 1.165) is 6.26 Å². The number of rotatable bonds is 11. The van der Waals surface area contributed by atoms with Gasteiger partial charge >= 0.3 is 5.97 Å². The molecule has 0 heterocycles. The monoisotopic (exact) mass is 613 g/mol. The van der Waals surface area contributed by atoms with Crippen LogP contribution in [0.4, 0.5) is 0 Å². The molecule has 0 bridgehead atoms. The molecule has 3 aromatic rings. The number of sulfone groups is 1. The smallest absolute Gasteiger partial charge is 0.326 e. The fourth-order valence-corrected chi connectivity index (χ4v) is 6.66. The largest absolute Gasteiger partial charge is 0.497 e. The van der Waals surface area contributed by atoms with Crippen LogP contribution in [-0.4, -0.2) is 55.9 Å². The number of carbonyl (C=O) groups is 2. The van der Waals surface area contributed by atoms with Crippen LogP contribution in [0.1, 0.15) is 21.5 Å². The van der Waals surface area contributed by atoms with Crippen molar-refractivity contribution in [3.8, 4) is 5.75 Å². The molecule has 0 aliphatic carbocycles. The van der Waals surface area contributed by atoms with Crippen LogP contribution in [0.2, 0.25) is 10.0 Å². The summed E-state index contributed by atoms with van der Waals surface area (Å²) < 4.78 is 41.6. The molecule has 0 spiro atoms. The van der Waals surface area contributed by atoms with Gasteiger partial charge in [0.25, 0.3) is 5.91 Å². The second kappa shape index (κ2) is 12.5. The van der Waals surface area contributed by atoms with Crippen LogP contribution in [0.25, 0.3) is 0 Å². The zero-order chi connectivity index (χ0) is 29.0. The molecule has 3 rings (SSSR count). The van der Waals surface area contributed by atoms with Crippen LogP contribution in [0, 0.1) is 0 Å². The number of hydrogen-bond acceptors (Lipinski definition) is 6. The summed E-state index contributed by atoms with van der Waals surface area (Å²) in [4.78, 5) is 35.4. The highest BCUT2D eigenvalue weighted by Gasteiger charge is 2.26. The fourth-order valence-electron chi connectivity index (χ4n) is 3.79. The van der Waals surface area contributed by atoms with Crippen molar-refractivity contribution in [2.75, 3.05) is 19.5 Å². The first-order chi connectivity index (χ1) is 18.2. The van der Waals surface area contributed by atoms with Crippen LogP contribution >= 0.6 is 30.6 Å². The van der Waals surface area contributed by atoms with Gasteiger partial charge in [-0.05, 0) is 60.0 Å². The zero-order valence-electron chi connectivity index (χ0n) is 20.9. The number of amides is 1. The van der Waals surface area contributed by atoms with Gasteiger partial charge in [-0.2, -0.15) is 0 Å². The number of ether oxygens (including phenoxy) is 1. The van der Waals surface area contributed by atoms with Crippen LogP contribution in [0.5, 0.6) is 5.75 Å². The first-order valence-electron chi connectivity index (χ1n) is 11.5. The number of benzene rings is 3. The summed E-state index contributed by atoms with van der Waals surface area (Å²) >= 11 is 12.6. The van der Waals surface area contributed by atoms with Crippen LogP contribution in [0.15, 0.2) is 65.6 Å². The quantitative estimate of drug-likeness (QED) is 0.275. The maximum atomic E-state index is 13.0. The lowest BCUT2D eigenvalue weighted by molar-refractivity contribution is -0.139. The molecule has 39 heavy (non-hydrogen) atoms. The number of halogens is 2. The first kappa shape index (κ1) is 30.7. The Balaban J connectivity index is 1.75. The van der Waals surface area contributed by atoms with Gasteiger partial charge in [0.1, 0.15) is 11.8 Å². The molecular formula is C26H26Cl2NO8PS. The molecule has 0 saturated heterocycles. The summed E-state index contributed by atoms with van der Waals surface area (Å²) in [6.45, 7) is 0. The zero-order valence-corrected chi connectivity index (χ0v) is 24.2. The van der Waals surface area contributed by atoms with Crippen LogP contribution < -0.4 is 15.4 Å². The van der Waals surface area contributed by atoms with Crippen molar-refractivity contribution in [3.05, 3.63) is 87.4 Å². The molecule has 9 nitrogen and oxygen atoms in total. The number of aryl methyl sites for hydroxylation is 1. The van der Waals surface area contributed by atoms with Crippen molar-refractivity contribution in [1.82, 2.24) is 5.32 Å². The van der Waals surface area contributed by atoms with Crippen molar-refractivity contribution in [3.63, 3.8) is 0 Å². The van der Waals surface area contributed by atoms with Gasteiger partial charge in [0.2, 0.25) is 7.37 Å². The van der Waals surface area contributed by atoms with E-state index in [1.165, 1.54) is 49.6 Å². The Morgan fingerprint density at radius 1 is 1.03 bits per heavy atom. The van der Waals surface area contributed by atoms with E-state index >= 15 is 0 Å². The summed E-state index contributed by atoms with van der Waals surface area (Å²) in [5.74, 6) is -1.73. The van der Waals surface area contributed by atoms with Crippen molar-refractivity contribution < 1.29 is 37.3 Å². The van der Waals surface area contributed by atoms with E-state index in [1.54, 1.807) is 18.2 Å². The topological polar surface area (TPSA) is 147 Å². The van der Waals surface area contributed by atoms with E-state index in [2.05, 4.69) is 5.32 Å². The third-order valence-electron chi connectivity index (χ3n) is 5.86. The minimum atomic E-state index is -3.74. The Labute approximate surface area is 236 Å². The number of carbonyl (C=O) groups excluding carboxylic acids is 1. The van der Waals surface area contributed by atoms with Gasteiger partial charge in [-0.1, -0.05) is 41.4 Å². The highest BCUT2D eigenvalue weighted by molar-refractivity contribution is 7.90. The predicted molar refractivity (Wildman–Crippen MR) is 150 cm³/mol. The second-order valence-corrected chi connectivity index (χ2v) is 14.0. The van der Waals surface area contributed by atoms with Crippen LogP contribution in [0.3, 0.4) is 0 Å². The number of carboxylic acids is 1.